The van der Waals surface area contributed by atoms with Crippen LogP contribution in [0.4, 0.5) is 0 Å². The minimum absolute atomic E-state index is 0.557. The SMILES string of the molecule is COc1ccc([C@@]2(O)CN(Cc3ccc(Br)cc3)C3=CCCCN32)cc1. The predicted molar refractivity (Wildman–Crippen MR) is 105 cm³/mol. The molecule has 0 aliphatic carbocycles. The van der Waals surface area contributed by atoms with Gasteiger partial charge in [0, 0.05) is 23.1 Å². The maximum Gasteiger partial charge on any atom is 0.183 e. The topological polar surface area (TPSA) is 35.9 Å². The van der Waals surface area contributed by atoms with E-state index in [2.05, 4.69) is 56.1 Å². The number of rotatable bonds is 4. The molecule has 26 heavy (non-hydrogen) atoms. The molecule has 5 heteroatoms. The Kier molecular flexibility index (Phi) is 4.67. The van der Waals surface area contributed by atoms with Crippen molar-refractivity contribution in [3.05, 3.63) is 76.0 Å². The number of hydrogen-bond acceptors (Lipinski definition) is 4. The summed E-state index contributed by atoms with van der Waals surface area (Å²) in [6.45, 7) is 2.21. The fourth-order valence-corrected chi connectivity index (χ4v) is 4.13. The zero-order valence-electron chi connectivity index (χ0n) is 14.9. The third kappa shape index (κ3) is 3.10. The van der Waals surface area contributed by atoms with Gasteiger partial charge in [0.15, 0.2) is 5.72 Å². The number of aliphatic hydroxyl groups is 1. The summed E-state index contributed by atoms with van der Waals surface area (Å²) in [5.74, 6) is 1.94. The molecular formula is C21H23BrN2O2. The average molecular weight is 415 g/mol. The van der Waals surface area contributed by atoms with Gasteiger partial charge in [-0.25, -0.2) is 0 Å². The van der Waals surface area contributed by atoms with Crippen LogP contribution in [-0.4, -0.2) is 35.1 Å². The second kappa shape index (κ2) is 6.97. The molecule has 2 aromatic carbocycles. The van der Waals surface area contributed by atoms with Crippen LogP contribution in [-0.2, 0) is 12.3 Å². The van der Waals surface area contributed by atoms with E-state index in [0.29, 0.717) is 6.54 Å². The number of methoxy groups -OCH3 is 1. The van der Waals surface area contributed by atoms with Gasteiger partial charge in [0.1, 0.15) is 11.6 Å². The van der Waals surface area contributed by atoms with Crippen LogP contribution in [0.1, 0.15) is 24.0 Å². The molecule has 1 fully saturated rings. The third-order valence-electron chi connectivity index (χ3n) is 5.21. The van der Waals surface area contributed by atoms with Gasteiger partial charge in [-0.3, -0.25) is 0 Å². The lowest BCUT2D eigenvalue weighted by Gasteiger charge is -2.36. The van der Waals surface area contributed by atoms with Gasteiger partial charge in [0.2, 0.25) is 0 Å². The molecule has 0 saturated carbocycles. The Labute approximate surface area is 162 Å². The van der Waals surface area contributed by atoms with Crippen molar-refractivity contribution in [2.75, 3.05) is 20.2 Å². The van der Waals surface area contributed by atoms with Gasteiger partial charge >= 0.3 is 0 Å². The molecule has 1 saturated heterocycles. The van der Waals surface area contributed by atoms with Crippen molar-refractivity contribution in [1.82, 2.24) is 9.80 Å². The molecule has 0 aromatic heterocycles. The summed E-state index contributed by atoms with van der Waals surface area (Å²) in [5, 5.41) is 11.6. The molecule has 0 bridgehead atoms. The Morgan fingerprint density at radius 1 is 1.12 bits per heavy atom. The standard InChI is InChI=1S/C21H23BrN2O2/c1-26-19-11-7-17(8-12-19)21(25)15-23(20-4-2-3-13-24(20)21)14-16-5-9-18(22)10-6-16/h4-12,25H,2-3,13-15H2,1H3/t21-/m0/s1. The van der Waals surface area contributed by atoms with Gasteiger partial charge in [0.05, 0.1) is 13.7 Å². The van der Waals surface area contributed by atoms with E-state index in [1.165, 1.54) is 5.56 Å². The molecule has 0 radical (unpaired) electrons. The zero-order chi connectivity index (χ0) is 18.1. The third-order valence-corrected chi connectivity index (χ3v) is 5.74. The predicted octanol–water partition coefficient (Wildman–Crippen LogP) is 4.06. The van der Waals surface area contributed by atoms with E-state index in [-0.39, 0.29) is 0 Å². The van der Waals surface area contributed by atoms with E-state index in [1.807, 2.05) is 24.3 Å². The lowest BCUT2D eigenvalue weighted by molar-refractivity contribution is -0.0698. The van der Waals surface area contributed by atoms with Gasteiger partial charge in [-0.1, -0.05) is 40.2 Å². The zero-order valence-corrected chi connectivity index (χ0v) is 16.4. The Morgan fingerprint density at radius 3 is 2.54 bits per heavy atom. The molecule has 2 aliphatic rings. The van der Waals surface area contributed by atoms with Crippen molar-refractivity contribution in [3.8, 4) is 5.75 Å². The van der Waals surface area contributed by atoms with Crippen LogP contribution in [0.2, 0.25) is 0 Å². The van der Waals surface area contributed by atoms with Gasteiger partial charge < -0.3 is 19.6 Å². The van der Waals surface area contributed by atoms with Crippen molar-refractivity contribution >= 4 is 15.9 Å². The molecule has 1 atom stereocenters. The van der Waals surface area contributed by atoms with Crippen LogP contribution < -0.4 is 4.74 Å². The number of benzene rings is 2. The van der Waals surface area contributed by atoms with E-state index in [9.17, 15) is 5.11 Å². The van der Waals surface area contributed by atoms with Gasteiger partial charge in [-0.2, -0.15) is 0 Å². The number of nitrogens with zero attached hydrogens (tertiary/aromatic N) is 2. The number of halogens is 1. The van der Waals surface area contributed by atoms with E-state index in [4.69, 9.17) is 4.74 Å². The van der Waals surface area contributed by atoms with Crippen molar-refractivity contribution in [3.63, 3.8) is 0 Å². The first-order chi connectivity index (χ1) is 12.6. The summed E-state index contributed by atoms with van der Waals surface area (Å²) in [6.07, 6.45) is 4.37. The second-order valence-corrected chi connectivity index (χ2v) is 7.80. The molecular weight excluding hydrogens is 392 g/mol. The monoisotopic (exact) mass is 414 g/mol. The van der Waals surface area contributed by atoms with Crippen LogP contribution in [0, 0.1) is 0 Å². The number of hydrogen-bond donors (Lipinski definition) is 1. The molecule has 0 unspecified atom stereocenters. The summed E-state index contributed by atoms with van der Waals surface area (Å²) in [4.78, 5) is 4.43. The summed E-state index contributed by atoms with van der Waals surface area (Å²) >= 11 is 3.49. The van der Waals surface area contributed by atoms with Crippen molar-refractivity contribution in [1.29, 1.82) is 0 Å². The highest BCUT2D eigenvalue weighted by Gasteiger charge is 2.47. The highest BCUT2D eigenvalue weighted by Crippen LogP contribution is 2.41. The van der Waals surface area contributed by atoms with Gasteiger partial charge in [-0.05, 0) is 48.7 Å². The molecule has 2 aromatic rings. The number of ether oxygens (including phenoxy) is 1. The van der Waals surface area contributed by atoms with E-state index < -0.39 is 5.72 Å². The summed E-state index contributed by atoms with van der Waals surface area (Å²) in [6, 6.07) is 16.1. The molecule has 136 valence electrons. The molecule has 1 N–H and O–H groups in total. The van der Waals surface area contributed by atoms with Crippen LogP contribution in [0.5, 0.6) is 5.75 Å². The van der Waals surface area contributed by atoms with Crippen molar-refractivity contribution in [2.24, 2.45) is 0 Å². The Hall–Kier alpha value is -1.98. The smallest absolute Gasteiger partial charge is 0.183 e. The summed E-state index contributed by atoms with van der Waals surface area (Å²) < 4.78 is 6.34. The normalized spacial score (nSPS) is 22.2. The van der Waals surface area contributed by atoms with Crippen LogP contribution in [0.15, 0.2) is 64.9 Å². The number of fused-ring (bicyclic) bond motifs is 1. The quantitative estimate of drug-likeness (QED) is 0.818. The Bertz CT molecular complexity index is 804. The molecule has 2 heterocycles. The first-order valence-corrected chi connectivity index (χ1v) is 9.73. The van der Waals surface area contributed by atoms with Crippen molar-refractivity contribution in [2.45, 2.75) is 25.1 Å². The van der Waals surface area contributed by atoms with E-state index in [0.717, 1.165) is 47.5 Å². The minimum atomic E-state index is -1.01. The van der Waals surface area contributed by atoms with Crippen molar-refractivity contribution < 1.29 is 9.84 Å². The highest BCUT2D eigenvalue weighted by molar-refractivity contribution is 9.10. The van der Waals surface area contributed by atoms with E-state index >= 15 is 0 Å². The Balaban J connectivity index is 1.64. The van der Waals surface area contributed by atoms with Crippen LogP contribution in [0.25, 0.3) is 0 Å². The van der Waals surface area contributed by atoms with Gasteiger partial charge in [0.25, 0.3) is 0 Å². The first kappa shape index (κ1) is 17.4. The summed E-state index contributed by atoms with van der Waals surface area (Å²) in [7, 11) is 1.66. The maximum atomic E-state index is 11.6. The lowest BCUT2D eigenvalue weighted by atomic mass is 10.0. The second-order valence-electron chi connectivity index (χ2n) is 6.88. The van der Waals surface area contributed by atoms with E-state index in [1.54, 1.807) is 7.11 Å². The minimum Gasteiger partial charge on any atom is -0.497 e. The van der Waals surface area contributed by atoms with Gasteiger partial charge in [-0.15, -0.1) is 0 Å². The fourth-order valence-electron chi connectivity index (χ4n) is 3.86. The largest absolute Gasteiger partial charge is 0.497 e. The highest BCUT2D eigenvalue weighted by atomic mass is 79.9. The Morgan fingerprint density at radius 2 is 1.85 bits per heavy atom. The summed E-state index contributed by atoms with van der Waals surface area (Å²) in [5.41, 5.74) is 1.14. The molecule has 0 amide bonds. The fraction of sp³-hybridized carbons (Fsp3) is 0.333. The lowest BCUT2D eigenvalue weighted by Crippen LogP contribution is -2.43. The van der Waals surface area contributed by atoms with Crippen LogP contribution in [0.3, 0.4) is 0 Å². The number of β-amino-alcohol motifs (C(OH)–C–C–N with tert-alkyl or cyclic N) is 1. The molecule has 2 aliphatic heterocycles. The molecule has 0 spiro atoms. The first-order valence-electron chi connectivity index (χ1n) is 8.94. The molecule has 4 rings (SSSR count). The van der Waals surface area contributed by atoms with Crippen LogP contribution >= 0.6 is 15.9 Å². The average Bonchev–Trinajstić information content (AvgIpc) is 2.97. The number of allylic oxidation sites excluding steroid dienone is 1. The molecule has 4 nitrogen and oxygen atoms in total. The maximum absolute atomic E-state index is 11.6.